The quantitative estimate of drug-likeness (QED) is 0.796. The Balaban J connectivity index is 2.45. The second kappa shape index (κ2) is 5.52. The van der Waals surface area contributed by atoms with E-state index in [-0.39, 0.29) is 17.9 Å². The largest absolute Gasteiger partial charge is 0.479 e. The molecule has 0 saturated heterocycles. The Morgan fingerprint density at radius 2 is 1.84 bits per heavy atom. The summed E-state index contributed by atoms with van der Waals surface area (Å²) >= 11 is 0. The molecular weight excluding hydrogens is 263 g/mol. The lowest BCUT2D eigenvalue weighted by Gasteiger charge is -2.38. The average Bonchev–Trinajstić information content (AvgIpc) is 2.26. The molecule has 0 aromatic rings. The molecule has 19 heavy (non-hydrogen) atoms. The van der Waals surface area contributed by atoms with E-state index in [1.165, 1.54) is 0 Å². The molecule has 0 amide bonds. The second-order valence-corrected chi connectivity index (χ2v) is 12.1. The zero-order valence-electron chi connectivity index (χ0n) is 12.8. The van der Waals surface area contributed by atoms with Crippen molar-refractivity contribution < 1.29 is 18.7 Å². The van der Waals surface area contributed by atoms with Crippen LogP contribution in [0.15, 0.2) is 0 Å². The Morgan fingerprint density at radius 1 is 1.37 bits per heavy atom. The maximum atomic E-state index is 13.9. The highest BCUT2D eigenvalue weighted by Gasteiger charge is 2.43. The number of carbonyl (C=O) groups is 1. The molecule has 0 aromatic heterocycles. The second-order valence-electron chi connectivity index (χ2n) is 7.29. The summed E-state index contributed by atoms with van der Waals surface area (Å²) in [6.45, 7) is 11.6. The molecule has 1 aliphatic rings. The van der Waals surface area contributed by atoms with Crippen LogP contribution in [-0.2, 0) is 9.22 Å². The van der Waals surface area contributed by atoms with Crippen molar-refractivity contribution in [3.63, 3.8) is 0 Å². The van der Waals surface area contributed by atoms with Crippen molar-refractivity contribution in [3.05, 3.63) is 0 Å². The SMILES string of the molecule is CC(C)(C)[Si](C)(C)OCC1CCC(F)(C(=O)O)CC1. The molecule has 1 N–H and O–H groups in total. The maximum Gasteiger partial charge on any atom is 0.341 e. The number of carboxylic acids is 1. The average molecular weight is 290 g/mol. The minimum Gasteiger partial charge on any atom is -0.479 e. The molecule has 0 aliphatic heterocycles. The van der Waals surface area contributed by atoms with Crippen LogP contribution in [0.4, 0.5) is 4.39 Å². The lowest BCUT2D eigenvalue weighted by molar-refractivity contribution is -0.154. The number of aliphatic carboxylic acids is 1. The van der Waals surface area contributed by atoms with Gasteiger partial charge in [-0.05, 0) is 49.7 Å². The normalized spacial score (nSPS) is 29.3. The van der Waals surface area contributed by atoms with Crippen LogP contribution in [0.5, 0.6) is 0 Å². The number of halogens is 1. The third-order valence-electron chi connectivity index (χ3n) is 4.77. The summed E-state index contributed by atoms with van der Waals surface area (Å²) in [5, 5.41) is 9.02. The van der Waals surface area contributed by atoms with Gasteiger partial charge in [-0.1, -0.05) is 20.8 Å². The van der Waals surface area contributed by atoms with Gasteiger partial charge in [0.1, 0.15) is 0 Å². The van der Waals surface area contributed by atoms with Crippen molar-refractivity contribution in [3.8, 4) is 0 Å². The molecule has 1 aliphatic carbocycles. The Morgan fingerprint density at radius 3 is 2.21 bits per heavy atom. The number of carboxylic acid groups (broad SMARTS) is 1. The van der Waals surface area contributed by atoms with Crippen LogP contribution < -0.4 is 0 Å². The first-order valence-corrected chi connectivity index (χ1v) is 9.95. The molecule has 112 valence electrons. The highest BCUT2D eigenvalue weighted by atomic mass is 28.4. The fourth-order valence-corrected chi connectivity index (χ4v) is 3.14. The van der Waals surface area contributed by atoms with Crippen molar-refractivity contribution in [2.24, 2.45) is 5.92 Å². The molecule has 0 spiro atoms. The minimum absolute atomic E-state index is 0.119. The molecule has 0 bridgehead atoms. The van der Waals surface area contributed by atoms with E-state index in [9.17, 15) is 9.18 Å². The van der Waals surface area contributed by atoms with E-state index in [0.29, 0.717) is 25.4 Å². The third-order valence-corrected chi connectivity index (χ3v) is 9.27. The van der Waals surface area contributed by atoms with Gasteiger partial charge >= 0.3 is 5.97 Å². The first kappa shape index (κ1) is 16.6. The lowest BCUT2D eigenvalue weighted by atomic mass is 9.80. The standard InChI is InChI=1S/C14H27FO3Si/c1-13(2,3)19(4,5)18-10-11-6-8-14(15,9-7-11)12(16)17/h11H,6-10H2,1-5H3,(H,16,17). The number of rotatable bonds is 4. The smallest absolute Gasteiger partial charge is 0.341 e. The molecule has 1 saturated carbocycles. The fraction of sp³-hybridized carbons (Fsp3) is 0.929. The Hall–Kier alpha value is -0.423. The summed E-state index contributed by atoms with van der Waals surface area (Å²) in [5.41, 5.74) is -2.01. The van der Waals surface area contributed by atoms with Gasteiger partial charge in [0.05, 0.1) is 0 Å². The van der Waals surface area contributed by atoms with Crippen molar-refractivity contribution in [2.45, 2.75) is 70.3 Å². The molecule has 3 nitrogen and oxygen atoms in total. The van der Waals surface area contributed by atoms with E-state index >= 15 is 0 Å². The van der Waals surface area contributed by atoms with Crippen LogP contribution in [0.2, 0.25) is 18.1 Å². The Kier molecular flexibility index (Phi) is 4.83. The minimum atomic E-state index is -2.01. The number of alkyl halides is 1. The van der Waals surface area contributed by atoms with Gasteiger partial charge < -0.3 is 9.53 Å². The van der Waals surface area contributed by atoms with Gasteiger partial charge in [-0.25, -0.2) is 9.18 Å². The fourth-order valence-electron chi connectivity index (χ4n) is 2.06. The maximum absolute atomic E-state index is 13.9. The number of hydrogen-bond donors (Lipinski definition) is 1. The van der Waals surface area contributed by atoms with E-state index in [0.717, 1.165) is 0 Å². The van der Waals surface area contributed by atoms with Crippen LogP contribution in [0, 0.1) is 5.92 Å². The van der Waals surface area contributed by atoms with Crippen LogP contribution >= 0.6 is 0 Å². The van der Waals surface area contributed by atoms with E-state index in [2.05, 4.69) is 33.9 Å². The van der Waals surface area contributed by atoms with E-state index in [1.54, 1.807) is 0 Å². The van der Waals surface area contributed by atoms with Crippen LogP contribution in [0.25, 0.3) is 0 Å². The summed E-state index contributed by atoms with van der Waals surface area (Å²) in [7, 11) is -1.76. The van der Waals surface area contributed by atoms with E-state index in [1.807, 2.05) is 0 Å². The monoisotopic (exact) mass is 290 g/mol. The Labute approximate surface area is 116 Å². The van der Waals surface area contributed by atoms with Crippen LogP contribution in [0.3, 0.4) is 0 Å². The summed E-state index contributed by atoms with van der Waals surface area (Å²) in [5.74, 6) is -1.01. The first-order chi connectivity index (χ1) is 8.48. The number of hydrogen-bond acceptors (Lipinski definition) is 2. The van der Waals surface area contributed by atoms with Gasteiger partial charge in [0.2, 0.25) is 5.67 Å². The Bertz CT molecular complexity index is 328. The van der Waals surface area contributed by atoms with Crippen molar-refractivity contribution in [1.29, 1.82) is 0 Å². The van der Waals surface area contributed by atoms with Gasteiger partial charge in [0.15, 0.2) is 8.32 Å². The highest BCUT2D eigenvalue weighted by molar-refractivity contribution is 6.74. The van der Waals surface area contributed by atoms with Gasteiger partial charge in [0.25, 0.3) is 0 Å². The van der Waals surface area contributed by atoms with Gasteiger partial charge in [-0.15, -0.1) is 0 Å². The lowest BCUT2D eigenvalue weighted by Crippen LogP contribution is -2.43. The molecule has 0 unspecified atom stereocenters. The molecule has 0 radical (unpaired) electrons. The van der Waals surface area contributed by atoms with Crippen molar-refractivity contribution in [1.82, 2.24) is 0 Å². The predicted molar refractivity (Wildman–Crippen MR) is 76.6 cm³/mol. The van der Waals surface area contributed by atoms with Crippen LogP contribution in [-0.4, -0.2) is 31.7 Å². The van der Waals surface area contributed by atoms with E-state index in [4.69, 9.17) is 9.53 Å². The summed E-state index contributed by atoms with van der Waals surface area (Å²) < 4.78 is 20.0. The molecule has 0 heterocycles. The summed E-state index contributed by atoms with van der Waals surface area (Å²) in [6, 6.07) is 0. The molecule has 1 fully saturated rings. The summed E-state index contributed by atoms with van der Waals surface area (Å²) in [6.07, 6.45) is 1.45. The molecule has 5 heteroatoms. The molecule has 1 rings (SSSR count). The van der Waals surface area contributed by atoms with Gasteiger partial charge in [0, 0.05) is 6.61 Å². The van der Waals surface area contributed by atoms with Crippen LogP contribution in [0.1, 0.15) is 46.5 Å². The summed E-state index contributed by atoms with van der Waals surface area (Å²) in [4.78, 5) is 10.8. The first-order valence-electron chi connectivity index (χ1n) is 7.04. The zero-order chi connectivity index (χ0) is 14.9. The predicted octanol–water partition coefficient (Wildman–Crippen LogP) is 3.99. The molecule has 0 aromatic carbocycles. The third kappa shape index (κ3) is 4.02. The van der Waals surface area contributed by atoms with E-state index < -0.39 is 20.0 Å². The van der Waals surface area contributed by atoms with Gasteiger partial charge in [-0.2, -0.15) is 0 Å². The van der Waals surface area contributed by atoms with Gasteiger partial charge in [-0.3, -0.25) is 0 Å². The molecule has 0 atom stereocenters. The highest BCUT2D eigenvalue weighted by Crippen LogP contribution is 2.39. The molecular formula is C14H27FO3Si. The van der Waals surface area contributed by atoms with Crippen molar-refractivity contribution >= 4 is 14.3 Å². The zero-order valence-corrected chi connectivity index (χ0v) is 13.8. The topological polar surface area (TPSA) is 46.5 Å². The van der Waals surface area contributed by atoms with Crippen molar-refractivity contribution in [2.75, 3.05) is 6.61 Å².